The number of carbonyl (C=O) groups excluding carboxylic acids is 1. The number of rotatable bonds is 5. The molecule has 0 spiro atoms. The van der Waals surface area contributed by atoms with E-state index < -0.39 is 0 Å². The van der Waals surface area contributed by atoms with Crippen LogP contribution in [0, 0.1) is 0 Å². The van der Waals surface area contributed by atoms with Crippen LogP contribution in [0.4, 0.5) is 4.79 Å². The summed E-state index contributed by atoms with van der Waals surface area (Å²) in [5.41, 5.74) is 6.32. The third kappa shape index (κ3) is 6.27. The standard InChI is InChI=1S/C18H33N5O3S.HI/c1-2-26-17(24)22-6-3-15(4-7-22)21-16(19)20-13-18(5-12-27-14-18)23-8-10-25-11-9-23;/h15H,2-14H2,1H3,(H3,19,20,21);1H. The molecule has 3 aliphatic rings. The molecule has 1 unspecified atom stereocenters. The Morgan fingerprint density at radius 1 is 1.32 bits per heavy atom. The molecular formula is C18H34IN5O3S. The summed E-state index contributed by atoms with van der Waals surface area (Å²) in [5.74, 6) is 2.82. The zero-order chi connectivity index (χ0) is 19.1. The number of ether oxygens (including phenoxy) is 2. The highest BCUT2D eigenvalue weighted by atomic mass is 127. The van der Waals surface area contributed by atoms with E-state index in [1.807, 2.05) is 18.7 Å². The molecule has 3 fully saturated rings. The van der Waals surface area contributed by atoms with E-state index >= 15 is 0 Å². The Balaban J connectivity index is 0.00000280. The summed E-state index contributed by atoms with van der Waals surface area (Å²) in [6, 6.07) is 0.261. The maximum atomic E-state index is 11.8. The molecule has 0 saturated carbocycles. The summed E-state index contributed by atoms with van der Waals surface area (Å²) in [6.07, 6.45) is 2.66. The van der Waals surface area contributed by atoms with Crippen LogP contribution in [0.25, 0.3) is 0 Å². The molecule has 0 aliphatic carbocycles. The molecule has 0 aromatic carbocycles. The number of hydrogen-bond donors (Lipinski definition) is 2. The highest BCUT2D eigenvalue weighted by Crippen LogP contribution is 2.34. The summed E-state index contributed by atoms with van der Waals surface area (Å²) in [5, 5.41) is 3.35. The Bertz CT molecular complexity index is 519. The van der Waals surface area contributed by atoms with Gasteiger partial charge in [0.25, 0.3) is 0 Å². The van der Waals surface area contributed by atoms with E-state index in [-0.39, 0.29) is 41.7 Å². The first-order chi connectivity index (χ1) is 13.1. The van der Waals surface area contributed by atoms with Crippen molar-refractivity contribution in [3.63, 3.8) is 0 Å². The van der Waals surface area contributed by atoms with Gasteiger partial charge in [0.1, 0.15) is 0 Å². The van der Waals surface area contributed by atoms with Crippen LogP contribution >= 0.6 is 35.7 Å². The second-order valence-corrected chi connectivity index (χ2v) is 8.54. The quantitative estimate of drug-likeness (QED) is 0.317. The zero-order valence-corrected chi connectivity index (χ0v) is 19.9. The molecule has 3 aliphatic heterocycles. The van der Waals surface area contributed by atoms with Gasteiger partial charge in [-0.3, -0.25) is 9.89 Å². The number of guanidine groups is 1. The number of nitrogens with two attached hydrogens (primary N) is 1. The second-order valence-electron chi connectivity index (χ2n) is 7.43. The number of halogens is 1. The minimum absolute atomic E-state index is 0. The minimum Gasteiger partial charge on any atom is -0.450 e. The number of thioether (sulfide) groups is 1. The molecule has 8 nitrogen and oxygen atoms in total. The van der Waals surface area contributed by atoms with Gasteiger partial charge >= 0.3 is 6.09 Å². The zero-order valence-electron chi connectivity index (χ0n) is 16.7. The van der Waals surface area contributed by atoms with Gasteiger partial charge in [-0.15, -0.1) is 24.0 Å². The number of amides is 1. The molecule has 0 bridgehead atoms. The molecule has 10 heteroatoms. The maximum Gasteiger partial charge on any atom is 0.409 e. The molecule has 28 heavy (non-hydrogen) atoms. The molecule has 0 aromatic heterocycles. The number of morpholine rings is 1. The van der Waals surface area contributed by atoms with Crippen molar-refractivity contribution >= 4 is 47.8 Å². The van der Waals surface area contributed by atoms with Gasteiger partial charge in [-0.05, 0) is 31.9 Å². The van der Waals surface area contributed by atoms with Gasteiger partial charge in [-0.25, -0.2) is 4.79 Å². The number of aliphatic imine (C=N–C) groups is 1. The summed E-state index contributed by atoms with van der Waals surface area (Å²) >= 11 is 2.01. The Hall–Kier alpha value is -0.460. The van der Waals surface area contributed by atoms with E-state index in [0.717, 1.165) is 57.9 Å². The van der Waals surface area contributed by atoms with Crippen molar-refractivity contribution in [2.75, 3.05) is 64.1 Å². The van der Waals surface area contributed by atoms with Crippen molar-refractivity contribution in [2.24, 2.45) is 10.7 Å². The molecule has 1 atom stereocenters. The monoisotopic (exact) mass is 527 g/mol. The lowest BCUT2D eigenvalue weighted by molar-refractivity contribution is -0.0104. The fraction of sp³-hybridized carbons (Fsp3) is 0.889. The van der Waals surface area contributed by atoms with Crippen molar-refractivity contribution in [1.82, 2.24) is 15.1 Å². The number of carbonyl (C=O) groups is 1. The molecule has 3 N–H and O–H groups in total. The largest absolute Gasteiger partial charge is 0.450 e. The van der Waals surface area contributed by atoms with E-state index in [1.165, 1.54) is 5.75 Å². The van der Waals surface area contributed by atoms with E-state index in [0.29, 0.717) is 25.7 Å². The van der Waals surface area contributed by atoms with E-state index in [4.69, 9.17) is 20.2 Å². The molecule has 0 aromatic rings. The Labute approximate surface area is 189 Å². The van der Waals surface area contributed by atoms with Gasteiger partial charge in [0.15, 0.2) is 5.96 Å². The van der Waals surface area contributed by atoms with Crippen LogP contribution in [0.1, 0.15) is 26.2 Å². The Morgan fingerprint density at radius 3 is 2.64 bits per heavy atom. The third-order valence-corrected chi connectivity index (χ3v) is 6.92. The predicted octanol–water partition coefficient (Wildman–Crippen LogP) is 1.34. The lowest BCUT2D eigenvalue weighted by Crippen LogP contribution is -2.56. The summed E-state index contributed by atoms with van der Waals surface area (Å²) < 4.78 is 10.6. The molecular weight excluding hydrogens is 493 g/mol. The SMILES string of the molecule is CCOC(=O)N1CCC(NC(N)=NCC2(N3CCOCC3)CCSC2)CC1.I. The van der Waals surface area contributed by atoms with Crippen molar-refractivity contribution in [2.45, 2.75) is 37.8 Å². The highest BCUT2D eigenvalue weighted by Gasteiger charge is 2.40. The van der Waals surface area contributed by atoms with Crippen LogP contribution in [0.3, 0.4) is 0 Å². The molecule has 0 radical (unpaired) electrons. The number of nitrogens with zero attached hydrogens (tertiary/aromatic N) is 3. The maximum absolute atomic E-state index is 11.8. The first-order valence-electron chi connectivity index (χ1n) is 10.0. The molecule has 3 rings (SSSR count). The van der Waals surface area contributed by atoms with Crippen LogP contribution < -0.4 is 11.1 Å². The van der Waals surface area contributed by atoms with Crippen molar-refractivity contribution in [3.8, 4) is 0 Å². The summed E-state index contributed by atoms with van der Waals surface area (Å²) in [6.45, 7) is 7.95. The third-order valence-electron chi connectivity index (χ3n) is 5.68. The Kier molecular flexibility index (Phi) is 9.91. The number of hydrogen-bond acceptors (Lipinski definition) is 6. The number of likely N-dealkylation sites (tertiary alicyclic amines) is 1. The molecule has 3 saturated heterocycles. The fourth-order valence-corrected chi connectivity index (χ4v) is 5.48. The summed E-state index contributed by atoms with van der Waals surface area (Å²) in [4.78, 5) is 20.8. The number of nitrogens with one attached hydrogen (secondary N) is 1. The average Bonchev–Trinajstić information content (AvgIpc) is 3.18. The average molecular weight is 527 g/mol. The van der Waals surface area contributed by atoms with Gasteiger partial charge in [0.05, 0.1) is 31.9 Å². The van der Waals surface area contributed by atoms with Crippen LogP contribution in [-0.2, 0) is 9.47 Å². The molecule has 1 amide bonds. The fourth-order valence-electron chi connectivity index (χ4n) is 4.02. The first-order valence-corrected chi connectivity index (χ1v) is 11.2. The van der Waals surface area contributed by atoms with Gasteiger partial charge in [0.2, 0.25) is 0 Å². The summed E-state index contributed by atoms with van der Waals surface area (Å²) in [7, 11) is 0. The van der Waals surface area contributed by atoms with Crippen molar-refractivity contribution in [3.05, 3.63) is 0 Å². The van der Waals surface area contributed by atoms with Crippen LogP contribution in [0.5, 0.6) is 0 Å². The predicted molar refractivity (Wildman–Crippen MR) is 124 cm³/mol. The molecule has 162 valence electrons. The minimum atomic E-state index is -0.219. The highest BCUT2D eigenvalue weighted by molar-refractivity contribution is 14.0. The Morgan fingerprint density at radius 2 is 2.04 bits per heavy atom. The molecule has 3 heterocycles. The normalized spacial score (nSPS) is 27.3. The van der Waals surface area contributed by atoms with Gasteiger partial charge in [0, 0.05) is 38.0 Å². The lowest BCUT2D eigenvalue weighted by atomic mass is 9.96. The van der Waals surface area contributed by atoms with Crippen molar-refractivity contribution < 1.29 is 14.3 Å². The first kappa shape index (κ1) is 23.8. The van der Waals surface area contributed by atoms with Crippen LogP contribution in [0.15, 0.2) is 4.99 Å². The van der Waals surface area contributed by atoms with Crippen LogP contribution in [-0.4, -0.2) is 97.5 Å². The van der Waals surface area contributed by atoms with Crippen molar-refractivity contribution in [1.29, 1.82) is 0 Å². The second kappa shape index (κ2) is 11.7. The van der Waals surface area contributed by atoms with Gasteiger partial charge in [-0.2, -0.15) is 11.8 Å². The smallest absolute Gasteiger partial charge is 0.409 e. The van der Waals surface area contributed by atoms with Gasteiger partial charge in [-0.1, -0.05) is 0 Å². The van der Waals surface area contributed by atoms with Crippen LogP contribution in [0.2, 0.25) is 0 Å². The topological polar surface area (TPSA) is 92.4 Å². The van der Waals surface area contributed by atoms with E-state index in [1.54, 1.807) is 4.90 Å². The number of piperidine rings is 1. The van der Waals surface area contributed by atoms with E-state index in [2.05, 4.69) is 10.2 Å². The van der Waals surface area contributed by atoms with Gasteiger partial charge < -0.3 is 25.4 Å². The lowest BCUT2D eigenvalue weighted by Gasteiger charge is -2.42. The van der Waals surface area contributed by atoms with E-state index in [9.17, 15) is 4.79 Å².